The van der Waals surface area contributed by atoms with Crippen molar-refractivity contribution in [3.63, 3.8) is 0 Å². The van der Waals surface area contributed by atoms with E-state index in [1.807, 2.05) is 17.2 Å². The molecule has 1 amide bonds. The van der Waals surface area contributed by atoms with Gasteiger partial charge in [-0.1, -0.05) is 0 Å². The van der Waals surface area contributed by atoms with Gasteiger partial charge in [-0.2, -0.15) is 0 Å². The molecule has 4 rings (SSSR count). The second-order valence-corrected chi connectivity index (χ2v) is 6.72. The first-order valence-electron chi connectivity index (χ1n) is 8.83. The van der Waals surface area contributed by atoms with Gasteiger partial charge in [0, 0.05) is 69.6 Å². The minimum Gasteiger partial charge on any atom is -0.342 e. The summed E-state index contributed by atoms with van der Waals surface area (Å²) in [6.07, 6.45) is 8.41. The van der Waals surface area contributed by atoms with Crippen LogP contribution in [0.1, 0.15) is 42.8 Å². The highest BCUT2D eigenvalue weighted by Crippen LogP contribution is 2.27. The Kier molecular flexibility index (Phi) is 4.29. The number of fused-ring (bicyclic) bond motifs is 1. The number of amides is 1. The van der Waals surface area contributed by atoms with E-state index in [9.17, 15) is 4.79 Å². The molecular weight excluding hydrogens is 316 g/mol. The van der Waals surface area contributed by atoms with Crippen molar-refractivity contribution >= 4 is 11.9 Å². The zero-order valence-electron chi connectivity index (χ0n) is 14.4. The van der Waals surface area contributed by atoms with E-state index in [2.05, 4.69) is 19.9 Å². The molecule has 7 heteroatoms. The minimum atomic E-state index is 0.140. The van der Waals surface area contributed by atoms with Gasteiger partial charge in [0.05, 0.1) is 5.69 Å². The highest BCUT2D eigenvalue weighted by atomic mass is 16.2. The van der Waals surface area contributed by atoms with Crippen molar-refractivity contribution in [2.24, 2.45) is 0 Å². The number of carbonyl (C=O) groups excluding carboxylic acids is 1. The molecule has 4 heterocycles. The maximum Gasteiger partial charge on any atom is 0.225 e. The second kappa shape index (κ2) is 6.74. The summed E-state index contributed by atoms with van der Waals surface area (Å²) in [6, 6.07) is 1.82. The van der Waals surface area contributed by atoms with Crippen molar-refractivity contribution in [3.8, 4) is 0 Å². The van der Waals surface area contributed by atoms with Gasteiger partial charge in [0.15, 0.2) is 0 Å². The standard InChI is InChI=1S/C18H22N6O/c1-13(25)23-8-2-4-14(11-23)17-21-10-15-12-24(9-5-16(15)22-17)18-19-6-3-7-20-18/h3,6-7,10,14H,2,4-5,8-9,11-12H2,1H3. The third kappa shape index (κ3) is 3.31. The Morgan fingerprint density at radius 3 is 2.84 bits per heavy atom. The number of piperidine rings is 1. The van der Waals surface area contributed by atoms with Gasteiger partial charge in [0.2, 0.25) is 11.9 Å². The molecule has 1 saturated heterocycles. The zero-order valence-corrected chi connectivity index (χ0v) is 14.4. The third-order valence-electron chi connectivity index (χ3n) is 5.02. The summed E-state index contributed by atoms with van der Waals surface area (Å²) in [7, 11) is 0. The molecule has 0 radical (unpaired) electrons. The van der Waals surface area contributed by atoms with Gasteiger partial charge in [-0.05, 0) is 18.9 Å². The van der Waals surface area contributed by atoms with Gasteiger partial charge in [0.1, 0.15) is 5.82 Å². The molecular formula is C18H22N6O. The van der Waals surface area contributed by atoms with Crippen LogP contribution in [0.2, 0.25) is 0 Å². The Labute approximate surface area is 147 Å². The van der Waals surface area contributed by atoms with E-state index in [-0.39, 0.29) is 11.8 Å². The van der Waals surface area contributed by atoms with Crippen LogP contribution in [0.15, 0.2) is 24.7 Å². The number of aromatic nitrogens is 4. The molecule has 2 aliphatic rings. The summed E-state index contributed by atoms with van der Waals surface area (Å²) >= 11 is 0. The fourth-order valence-corrected chi connectivity index (χ4v) is 3.63. The highest BCUT2D eigenvalue weighted by Gasteiger charge is 2.27. The lowest BCUT2D eigenvalue weighted by molar-refractivity contribution is -0.130. The zero-order chi connectivity index (χ0) is 17.2. The van der Waals surface area contributed by atoms with Crippen LogP contribution in [-0.2, 0) is 17.8 Å². The lowest BCUT2D eigenvalue weighted by atomic mass is 9.96. The van der Waals surface area contributed by atoms with E-state index < -0.39 is 0 Å². The lowest BCUT2D eigenvalue weighted by Gasteiger charge is -2.32. The lowest BCUT2D eigenvalue weighted by Crippen LogP contribution is -2.38. The average Bonchev–Trinajstić information content (AvgIpc) is 2.68. The van der Waals surface area contributed by atoms with E-state index in [1.54, 1.807) is 19.3 Å². The number of anilines is 1. The first kappa shape index (κ1) is 15.9. The van der Waals surface area contributed by atoms with Crippen LogP contribution in [0.3, 0.4) is 0 Å². The molecule has 0 bridgehead atoms. The number of hydrogen-bond donors (Lipinski definition) is 0. The Hall–Kier alpha value is -2.57. The third-order valence-corrected chi connectivity index (χ3v) is 5.02. The van der Waals surface area contributed by atoms with Gasteiger partial charge in [0.25, 0.3) is 0 Å². The fraction of sp³-hybridized carbons (Fsp3) is 0.500. The van der Waals surface area contributed by atoms with Crippen molar-refractivity contribution in [1.29, 1.82) is 0 Å². The van der Waals surface area contributed by atoms with E-state index in [0.717, 1.165) is 68.5 Å². The van der Waals surface area contributed by atoms with E-state index in [1.165, 1.54) is 0 Å². The number of nitrogens with zero attached hydrogens (tertiary/aromatic N) is 6. The van der Waals surface area contributed by atoms with Gasteiger partial charge in [-0.3, -0.25) is 4.79 Å². The molecule has 1 unspecified atom stereocenters. The first-order chi connectivity index (χ1) is 12.2. The molecule has 2 aromatic rings. The highest BCUT2D eigenvalue weighted by molar-refractivity contribution is 5.73. The number of likely N-dealkylation sites (tertiary alicyclic amines) is 1. The van der Waals surface area contributed by atoms with Crippen LogP contribution in [0.4, 0.5) is 5.95 Å². The Morgan fingerprint density at radius 2 is 2.04 bits per heavy atom. The van der Waals surface area contributed by atoms with Crippen LogP contribution in [0.5, 0.6) is 0 Å². The van der Waals surface area contributed by atoms with Crippen molar-refractivity contribution in [2.75, 3.05) is 24.5 Å². The molecule has 25 heavy (non-hydrogen) atoms. The van der Waals surface area contributed by atoms with E-state index in [4.69, 9.17) is 4.98 Å². The molecule has 1 atom stereocenters. The molecule has 0 aliphatic carbocycles. The normalized spacial score (nSPS) is 20.3. The number of carbonyl (C=O) groups is 1. The quantitative estimate of drug-likeness (QED) is 0.827. The summed E-state index contributed by atoms with van der Waals surface area (Å²) in [6.45, 7) is 4.82. The van der Waals surface area contributed by atoms with Crippen LogP contribution in [0, 0.1) is 0 Å². The first-order valence-corrected chi connectivity index (χ1v) is 8.83. The van der Waals surface area contributed by atoms with Gasteiger partial charge < -0.3 is 9.80 Å². The maximum atomic E-state index is 11.6. The number of hydrogen-bond acceptors (Lipinski definition) is 6. The summed E-state index contributed by atoms with van der Waals surface area (Å²) in [5.41, 5.74) is 2.26. The monoisotopic (exact) mass is 338 g/mol. The molecule has 0 spiro atoms. The topological polar surface area (TPSA) is 75.1 Å². The summed E-state index contributed by atoms with van der Waals surface area (Å²) in [5.74, 6) is 2.02. The van der Waals surface area contributed by atoms with Crippen LogP contribution in [0.25, 0.3) is 0 Å². The largest absolute Gasteiger partial charge is 0.342 e. The summed E-state index contributed by atoms with van der Waals surface area (Å²) < 4.78 is 0. The van der Waals surface area contributed by atoms with Crippen LogP contribution in [-0.4, -0.2) is 50.4 Å². The van der Waals surface area contributed by atoms with Crippen molar-refractivity contribution in [1.82, 2.24) is 24.8 Å². The predicted molar refractivity (Wildman–Crippen MR) is 93.0 cm³/mol. The predicted octanol–water partition coefficient (Wildman–Crippen LogP) is 1.56. The molecule has 130 valence electrons. The summed E-state index contributed by atoms with van der Waals surface area (Å²) in [5, 5.41) is 0. The van der Waals surface area contributed by atoms with Gasteiger partial charge >= 0.3 is 0 Å². The van der Waals surface area contributed by atoms with E-state index >= 15 is 0 Å². The Morgan fingerprint density at radius 1 is 1.20 bits per heavy atom. The Balaban J connectivity index is 1.51. The van der Waals surface area contributed by atoms with Gasteiger partial charge in [-0.25, -0.2) is 19.9 Å². The second-order valence-electron chi connectivity index (χ2n) is 6.72. The molecule has 2 aliphatic heterocycles. The molecule has 7 nitrogen and oxygen atoms in total. The Bertz CT molecular complexity index is 765. The maximum absolute atomic E-state index is 11.6. The smallest absolute Gasteiger partial charge is 0.225 e. The minimum absolute atomic E-state index is 0.140. The van der Waals surface area contributed by atoms with Crippen LogP contribution < -0.4 is 4.90 Å². The number of rotatable bonds is 2. The molecule has 2 aromatic heterocycles. The molecule has 0 aromatic carbocycles. The van der Waals surface area contributed by atoms with Crippen molar-refractivity contribution in [3.05, 3.63) is 41.7 Å². The van der Waals surface area contributed by atoms with E-state index in [0.29, 0.717) is 0 Å². The summed E-state index contributed by atoms with van der Waals surface area (Å²) in [4.78, 5) is 33.8. The average molecular weight is 338 g/mol. The van der Waals surface area contributed by atoms with Crippen molar-refractivity contribution < 1.29 is 4.79 Å². The fourth-order valence-electron chi connectivity index (χ4n) is 3.63. The molecule has 1 fully saturated rings. The van der Waals surface area contributed by atoms with Crippen LogP contribution >= 0.6 is 0 Å². The molecule has 0 saturated carbocycles. The van der Waals surface area contributed by atoms with Gasteiger partial charge in [-0.15, -0.1) is 0 Å². The SMILES string of the molecule is CC(=O)N1CCCC(c2ncc3c(n2)CCN(c2ncccn2)C3)C1. The molecule has 0 N–H and O–H groups in total. The van der Waals surface area contributed by atoms with Crippen molar-refractivity contribution in [2.45, 2.75) is 38.6 Å².